The Bertz CT molecular complexity index is 861. The molecule has 3 aliphatic rings. The summed E-state index contributed by atoms with van der Waals surface area (Å²) in [7, 11) is 0. The van der Waals surface area contributed by atoms with Gasteiger partial charge in [0.2, 0.25) is 0 Å². The predicted molar refractivity (Wildman–Crippen MR) is 126 cm³/mol. The maximum absolute atomic E-state index is 10.8. The third kappa shape index (κ3) is 4.01. The Kier molecular flexibility index (Phi) is 5.71. The van der Waals surface area contributed by atoms with E-state index in [1.807, 2.05) is 0 Å². The number of halogens is 1. The minimum absolute atomic E-state index is 0.188. The molecule has 2 heterocycles. The molecule has 2 aromatic carbocycles. The van der Waals surface area contributed by atoms with Gasteiger partial charge in [-0.3, -0.25) is 9.80 Å². The van der Waals surface area contributed by atoms with E-state index in [4.69, 9.17) is 0 Å². The first-order valence-electron chi connectivity index (χ1n) is 11.1. The summed E-state index contributed by atoms with van der Waals surface area (Å²) in [6.45, 7) is 5.20. The molecule has 1 aliphatic carbocycles. The smallest absolute Gasteiger partial charge is 0.0720 e. The largest absolute Gasteiger partial charge is 0.391 e. The molecular formula is C25H31IN2O. The van der Waals surface area contributed by atoms with Gasteiger partial charge in [-0.25, -0.2) is 0 Å². The summed E-state index contributed by atoms with van der Waals surface area (Å²) < 4.78 is 1.30. The highest BCUT2D eigenvalue weighted by Gasteiger charge is 2.43. The van der Waals surface area contributed by atoms with Crippen molar-refractivity contribution in [3.05, 3.63) is 68.8 Å². The molecule has 4 heteroatoms. The number of aryl methyl sites for hydroxylation is 1. The fourth-order valence-corrected chi connectivity index (χ4v) is 6.56. The van der Waals surface area contributed by atoms with E-state index < -0.39 is 0 Å². The molecule has 2 aliphatic heterocycles. The molecule has 2 saturated heterocycles. The van der Waals surface area contributed by atoms with Crippen LogP contribution < -0.4 is 0 Å². The first kappa shape index (κ1) is 20.0. The zero-order valence-electron chi connectivity index (χ0n) is 17.1. The lowest BCUT2D eigenvalue weighted by molar-refractivity contribution is -0.0285. The van der Waals surface area contributed by atoms with Gasteiger partial charge in [-0.15, -0.1) is 0 Å². The van der Waals surface area contributed by atoms with Crippen molar-refractivity contribution in [1.29, 1.82) is 0 Å². The third-order valence-electron chi connectivity index (χ3n) is 7.61. The van der Waals surface area contributed by atoms with Crippen molar-refractivity contribution in [3.8, 4) is 0 Å². The highest BCUT2D eigenvalue weighted by molar-refractivity contribution is 14.1. The predicted octanol–water partition coefficient (Wildman–Crippen LogP) is 4.21. The van der Waals surface area contributed by atoms with E-state index in [0.717, 1.165) is 39.1 Å². The lowest BCUT2D eigenvalue weighted by Crippen LogP contribution is -2.57. The molecular weight excluding hydrogens is 471 g/mol. The Morgan fingerprint density at radius 2 is 1.83 bits per heavy atom. The molecule has 0 bridgehead atoms. The molecule has 0 aromatic heterocycles. The van der Waals surface area contributed by atoms with Crippen LogP contribution in [0.3, 0.4) is 0 Å². The number of piperidine rings is 2. The summed E-state index contributed by atoms with van der Waals surface area (Å²) >= 11 is 2.39. The summed E-state index contributed by atoms with van der Waals surface area (Å²) in [6.07, 6.45) is 5.73. The number of hydrogen-bond acceptors (Lipinski definition) is 3. The van der Waals surface area contributed by atoms with E-state index in [9.17, 15) is 5.11 Å². The van der Waals surface area contributed by atoms with Crippen LogP contribution in [0, 0.1) is 3.57 Å². The van der Waals surface area contributed by atoms with Crippen LogP contribution in [0.15, 0.2) is 48.5 Å². The quantitative estimate of drug-likeness (QED) is 0.638. The second-order valence-electron chi connectivity index (χ2n) is 9.26. The maximum Gasteiger partial charge on any atom is 0.0720 e. The summed E-state index contributed by atoms with van der Waals surface area (Å²) in [6, 6.07) is 18.2. The number of fused-ring (bicyclic) bond motifs is 2. The van der Waals surface area contributed by atoms with Gasteiger partial charge in [0.05, 0.1) is 6.10 Å². The number of hydrogen-bond donors (Lipinski definition) is 1. The second kappa shape index (κ2) is 8.29. The van der Waals surface area contributed by atoms with Gasteiger partial charge >= 0.3 is 0 Å². The number of aliphatic hydroxyl groups excluding tert-OH is 1. The SMILES string of the molecule is O[C@@H]1CCN(Cc2cccc(I)c2)C[C@@H]1N1CCC2(CCc3ccccc32)CC1. The molecule has 0 radical (unpaired) electrons. The fourth-order valence-electron chi connectivity index (χ4n) is 5.95. The standard InChI is InChI=1S/C25H31IN2O/c26-21-6-3-4-19(16-21)17-27-13-9-24(29)23(18-27)28-14-11-25(12-15-28)10-8-20-5-1-2-7-22(20)25/h1-7,16,23-24,29H,8-15,17-18H2/t23-,24+/m0/s1. The van der Waals surface area contributed by atoms with E-state index >= 15 is 0 Å². The van der Waals surface area contributed by atoms with Crippen LogP contribution >= 0.6 is 22.6 Å². The molecule has 0 unspecified atom stereocenters. The number of aliphatic hydroxyl groups is 1. The molecule has 1 N–H and O–H groups in total. The average molecular weight is 502 g/mol. The topological polar surface area (TPSA) is 26.7 Å². The Hall–Kier alpha value is -0.950. The lowest BCUT2D eigenvalue weighted by atomic mass is 9.73. The summed E-state index contributed by atoms with van der Waals surface area (Å²) in [5, 5.41) is 10.8. The zero-order valence-corrected chi connectivity index (χ0v) is 19.2. The van der Waals surface area contributed by atoms with Crippen LogP contribution in [0.1, 0.15) is 42.4 Å². The van der Waals surface area contributed by atoms with E-state index in [-0.39, 0.29) is 12.1 Å². The maximum atomic E-state index is 10.8. The van der Waals surface area contributed by atoms with Crippen molar-refractivity contribution in [1.82, 2.24) is 9.80 Å². The molecule has 2 aromatic rings. The Morgan fingerprint density at radius 1 is 1.00 bits per heavy atom. The first-order valence-corrected chi connectivity index (χ1v) is 12.2. The molecule has 29 heavy (non-hydrogen) atoms. The number of rotatable bonds is 3. The van der Waals surface area contributed by atoms with Gasteiger partial charge in [-0.1, -0.05) is 36.4 Å². The van der Waals surface area contributed by atoms with Crippen molar-refractivity contribution in [2.45, 2.75) is 56.2 Å². The molecule has 3 nitrogen and oxygen atoms in total. The molecule has 2 fully saturated rings. The van der Waals surface area contributed by atoms with Crippen LogP contribution in [-0.2, 0) is 18.4 Å². The van der Waals surface area contributed by atoms with E-state index in [2.05, 4.69) is 80.9 Å². The van der Waals surface area contributed by atoms with Gasteiger partial charge in [0.15, 0.2) is 0 Å². The first-order chi connectivity index (χ1) is 14.1. The van der Waals surface area contributed by atoms with Crippen molar-refractivity contribution in [3.63, 3.8) is 0 Å². The van der Waals surface area contributed by atoms with Crippen molar-refractivity contribution >= 4 is 22.6 Å². The van der Waals surface area contributed by atoms with Gasteiger partial charge in [0.25, 0.3) is 0 Å². The van der Waals surface area contributed by atoms with E-state index in [1.54, 1.807) is 11.1 Å². The van der Waals surface area contributed by atoms with Gasteiger partial charge in [0.1, 0.15) is 0 Å². The summed E-state index contributed by atoms with van der Waals surface area (Å²) in [4.78, 5) is 5.13. The average Bonchev–Trinajstić information content (AvgIpc) is 3.09. The van der Waals surface area contributed by atoms with Gasteiger partial charge in [0, 0.05) is 29.2 Å². The fraction of sp³-hybridized carbons (Fsp3) is 0.520. The molecule has 0 saturated carbocycles. The zero-order chi connectivity index (χ0) is 19.8. The minimum atomic E-state index is -0.188. The lowest BCUT2D eigenvalue weighted by Gasteiger charge is -2.47. The third-order valence-corrected chi connectivity index (χ3v) is 8.28. The Labute approximate surface area is 188 Å². The minimum Gasteiger partial charge on any atom is -0.391 e. The molecule has 0 amide bonds. The van der Waals surface area contributed by atoms with E-state index in [1.165, 1.54) is 34.8 Å². The van der Waals surface area contributed by atoms with Crippen LogP contribution in [-0.4, -0.2) is 53.2 Å². The number of likely N-dealkylation sites (tertiary alicyclic amines) is 2. The van der Waals surface area contributed by atoms with Crippen molar-refractivity contribution < 1.29 is 5.11 Å². The Morgan fingerprint density at radius 3 is 2.66 bits per heavy atom. The van der Waals surface area contributed by atoms with Crippen LogP contribution in [0.2, 0.25) is 0 Å². The van der Waals surface area contributed by atoms with Gasteiger partial charge in [-0.05, 0) is 102 Å². The van der Waals surface area contributed by atoms with Gasteiger partial charge in [-0.2, -0.15) is 0 Å². The molecule has 154 valence electrons. The molecule has 1 spiro atoms. The highest BCUT2D eigenvalue weighted by atomic mass is 127. The Balaban J connectivity index is 1.24. The van der Waals surface area contributed by atoms with Crippen LogP contribution in [0.25, 0.3) is 0 Å². The monoisotopic (exact) mass is 502 g/mol. The highest BCUT2D eigenvalue weighted by Crippen LogP contribution is 2.46. The van der Waals surface area contributed by atoms with E-state index in [0.29, 0.717) is 5.41 Å². The summed E-state index contributed by atoms with van der Waals surface area (Å²) in [5.74, 6) is 0. The number of benzene rings is 2. The normalized spacial score (nSPS) is 27.2. The van der Waals surface area contributed by atoms with Gasteiger partial charge < -0.3 is 5.11 Å². The second-order valence-corrected chi connectivity index (χ2v) is 10.5. The van der Waals surface area contributed by atoms with Crippen LogP contribution in [0.5, 0.6) is 0 Å². The number of nitrogens with zero attached hydrogens (tertiary/aromatic N) is 2. The van der Waals surface area contributed by atoms with Crippen molar-refractivity contribution in [2.75, 3.05) is 26.2 Å². The molecule has 5 rings (SSSR count). The summed E-state index contributed by atoms with van der Waals surface area (Å²) in [5.41, 5.74) is 4.96. The van der Waals surface area contributed by atoms with Crippen LogP contribution in [0.4, 0.5) is 0 Å². The van der Waals surface area contributed by atoms with Crippen molar-refractivity contribution in [2.24, 2.45) is 0 Å². The molecule has 2 atom stereocenters.